The molecule has 1 aliphatic rings. The molecule has 0 saturated carbocycles. The predicted molar refractivity (Wildman–Crippen MR) is 68.5 cm³/mol. The lowest BCUT2D eigenvalue weighted by atomic mass is 9.71. The van der Waals surface area contributed by atoms with E-state index in [1.165, 1.54) is 4.90 Å². The van der Waals surface area contributed by atoms with Crippen molar-refractivity contribution in [2.45, 2.75) is 39.0 Å². The maximum atomic E-state index is 12.5. The highest BCUT2D eigenvalue weighted by atomic mass is 19.4. The van der Waals surface area contributed by atoms with E-state index in [2.05, 4.69) is 5.10 Å². The largest absolute Gasteiger partial charge is 0.432 e. The van der Waals surface area contributed by atoms with Crippen molar-refractivity contribution in [3.63, 3.8) is 0 Å². The highest BCUT2D eigenvalue weighted by Gasteiger charge is 2.45. The average Bonchev–Trinajstić information content (AvgIpc) is 2.81. The second-order valence-corrected chi connectivity index (χ2v) is 6.30. The van der Waals surface area contributed by atoms with Crippen LogP contribution in [0.1, 0.15) is 43.4 Å². The van der Waals surface area contributed by atoms with Crippen LogP contribution in [0.15, 0.2) is 6.07 Å². The molecule has 2 heterocycles. The number of amides is 1. The van der Waals surface area contributed by atoms with Crippen molar-refractivity contribution < 1.29 is 23.1 Å². The molecule has 21 heavy (non-hydrogen) atoms. The minimum atomic E-state index is -4.56. The van der Waals surface area contributed by atoms with E-state index in [9.17, 15) is 23.1 Å². The zero-order valence-corrected chi connectivity index (χ0v) is 12.1. The van der Waals surface area contributed by atoms with E-state index in [1.54, 1.807) is 6.92 Å². The summed E-state index contributed by atoms with van der Waals surface area (Å²) in [6.45, 7) is 5.87. The van der Waals surface area contributed by atoms with Crippen molar-refractivity contribution in [1.29, 1.82) is 0 Å². The molecular formula is C13H18F3N3O2. The van der Waals surface area contributed by atoms with Crippen molar-refractivity contribution in [2.75, 3.05) is 13.1 Å². The van der Waals surface area contributed by atoms with Gasteiger partial charge in [-0.15, -0.1) is 0 Å². The highest BCUT2D eigenvalue weighted by Crippen LogP contribution is 2.38. The van der Waals surface area contributed by atoms with Gasteiger partial charge in [0.05, 0.1) is 5.60 Å². The first-order valence-electron chi connectivity index (χ1n) is 6.58. The standard InChI is InChI=1S/C13H18F3N3O2/c1-11(2)7-19(5-4-12(11,3)21)10(20)8-6-9(18-17-8)13(14,15)16/h6,21H,4-5,7H2,1-3H3,(H,17,18)/t12-/m1/s1. The highest BCUT2D eigenvalue weighted by molar-refractivity contribution is 5.92. The SMILES string of the molecule is CC1(C)CN(C(=O)c2cc(C(F)(F)F)[nH]n2)CC[C@@]1(C)O. The molecule has 5 nitrogen and oxygen atoms in total. The number of nitrogens with one attached hydrogen (secondary N) is 1. The number of carbonyl (C=O) groups is 1. The molecule has 0 unspecified atom stereocenters. The number of nitrogens with zero attached hydrogens (tertiary/aromatic N) is 2. The molecule has 118 valence electrons. The fraction of sp³-hybridized carbons (Fsp3) is 0.692. The van der Waals surface area contributed by atoms with E-state index in [0.29, 0.717) is 12.5 Å². The Labute approximate surface area is 120 Å². The summed E-state index contributed by atoms with van der Waals surface area (Å²) in [7, 11) is 0. The third-order valence-electron chi connectivity index (χ3n) is 4.30. The van der Waals surface area contributed by atoms with Crippen LogP contribution in [-0.4, -0.2) is 44.8 Å². The first-order chi connectivity index (χ1) is 9.44. The molecule has 8 heteroatoms. The number of H-pyrrole nitrogens is 1. The van der Waals surface area contributed by atoms with Crippen molar-refractivity contribution in [2.24, 2.45) is 5.41 Å². The summed E-state index contributed by atoms with van der Waals surface area (Å²) in [6.07, 6.45) is -4.20. The number of hydrogen-bond acceptors (Lipinski definition) is 3. The quantitative estimate of drug-likeness (QED) is 0.834. The fourth-order valence-corrected chi connectivity index (χ4v) is 2.33. The average molecular weight is 305 g/mol. The molecule has 0 aliphatic carbocycles. The zero-order chi connectivity index (χ0) is 16.1. The summed E-state index contributed by atoms with van der Waals surface area (Å²) in [5, 5.41) is 15.5. The van der Waals surface area contributed by atoms with Crippen LogP contribution in [0.3, 0.4) is 0 Å². The summed E-state index contributed by atoms with van der Waals surface area (Å²) in [6, 6.07) is 0.710. The summed E-state index contributed by atoms with van der Waals surface area (Å²) in [5.74, 6) is -0.565. The fourth-order valence-electron chi connectivity index (χ4n) is 2.33. The molecule has 1 aromatic rings. The lowest BCUT2D eigenvalue weighted by Gasteiger charge is -2.48. The van der Waals surface area contributed by atoms with E-state index in [-0.39, 0.29) is 18.8 Å². The molecule has 0 spiro atoms. The van der Waals surface area contributed by atoms with Gasteiger partial charge in [0.25, 0.3) is 5.91 Å². The Morgan fingerprint density at radius 1 is 1.43 bits per heavy atom. The number of hydrogen-bond donors (Lipinski definition) is 2. The Kier molecular flexibility index (Phi) is 3.56. The van der Waals surface area contributed by atoms with Gasteiger partial charge in [-0.25, -0.2) is 0 Å². The number of rotatable bonds is 1. The van der Waals surface area contributed by atoms with E-state index in [0.717, 1.165) is 0 Å². The number of alkyl halides is 3. The van der Waals surface area contributed by atoms with Gasteiger partial charge in [-0.2, -0.15) is 18.3 Å². The Bertz CT molecular complexity index is 549. The van der Waals surface area contributed by atoms with Gasteiger partial charge in [0, 0.05) is 24.6 Å². The van der Waals surface area contributed by atoms with Gasteiger partial charge in [-0.1, -0.05) is 13.8 Å². The van der Waals surface area contributed by atoms with Crippen molar-refractivity contribution in [1.82, 2.24) is 15.1 Å². The van der Waals surface area contributed by atoms with Crippen LogP contribution in [-0.2, 0) is 6.18 Å². The Morgan fingerprint density at radius 2 is 2.05 bits per heavy atom. The third-order valence-corrected chi connectivity index (χ3v) is 4.30. The minimum Gasteiger partial charge on any atom is -0.389 e. The van der Waals surface area contributed by atoms with Gasteiger partial charge in [0.2, 0.25) is 0 Å². The summed E-state index contributed by atoms with van der Waals surface area (Å²) >= 11 is 0. The maximum absolute atomic E-state index is 12.5. The van der Waals surface area contributed by atoms with Crippen LogP contribution in [0.5, 0.6) is 0 Å². The van der Waals surface area contributed by atoms with Crippen molar-refractivity contribution in [3.8, 4) is 0 Å². The van der Waals surface area contributed by atoms with Crippen LogP contribution in [0.4, 0.5) is 13.2 Å². The predicted octanol–water partition coefficient (Wildman–Crippen LogP) is 2.05. The lowest BCUT2D eigenvalue weighted by Crippen LogP contribution is -2.57. The van der Waals surface area contributed by atoms with E-state index in [1.807, 2.05) is 18.9 Å². The summed E-state index contributed by atoms with van der Waals surface area (Å²) in [5.41, 5.74) is -2.79. The van der Waals surface area contributed by atoms with E-state index < -0.39 is 28.8 Å². The lowest BCUT2D eigenvalue weighted by molar-refractivity contribution is -0.141. The van der Waals surface area contributed by atoms with Crippen LogP contribution in [0, 0.1) is 5.41 Å². The molecule has 1 aromatic heterocycles. The van der Waals surface area contributed by atoms with Crippen LogP contribution >= 0.6 is 0 Å². The van der Waals surface area contributed by atoms with E-state index >= 15 is 0 Å². The molecule has 2 N–H and O–H groups in total. The van der Waals surface area contributed by atoms with E-state index in [4.69, 9.17) is 0 Å². The molecule has 1 saturated heterocycles. The number of aliphatic hydroxyl groups is 1. The number of carbonyl (C=O) groups excluding carboxylic acids is 1. The normalized spacial score (nSPS) is 26.0. The van der Waals surface area contributed by atoms with Gasteiger partial charge in [-0.3, -0.25) is 9.89 Å². The molecule has 1 fully saturated rings. The minimum absolute atomic E-state index is 0.257. The first kappa shape index (κ1) is 15.8. The number of aromatic nitrogens is 2. The molecular weight excluding hydrogens is 287 g/mol. The summed E-state index contributed by atoms with van der Waals surface area (Å²) < 4.78 is 37.5. The second kappa shape index (κ2) is 4.72. The van der Waals surface area contributed by atoms with Crippen LogP contribution in [0.2, 0.25) is 0 Å². The molecule has 1 aliphatic heterocycles. The molecule has 2 rings (SSSR count). The van der Waals surface area contributed by atoms with Gasteiger partial charge < -0.3 is 10.0 Å². The molecule has 0 radical (unpaired) electrons. The molecule has 1 amide bonds. The molecule has 1 atom stereocenters. The molecule has 0 aromatic carbocycles. The Balaban J connectivity index is 2.17. The number of piperidine rings is 1. The monoisotopic (exact) mass is 305 g/mol. The zero-order valence-electron chi connectivity index (χ0n) is 12.1. The third kappa shape index (κ3) is 2.90. The van der Waals surface area contributed by atoms with Gasteiger partial charge in [-0.05, 0) is 13.3 Å². The van der Waals surface area contributed by atoms with Crippen molar-refractivity contribution >= 4 is 5.91 Å². The smallest absolute Gasteiger partial charge is 0.389 e. The second-order valence-electron chi connectivity index (χ2n) is 6.30. The summed E-state index contributed by atoms with van der Waals surface area (Å²) in [4.78, 5) is 13.7. The van der Waals surface area contributed by atoms with Crippen molar-refractivity contribution in [3.05, 3.63) is 17.5 Å². The van der Waals surface area contributed by atoms with Gasteiger partial charge in [0.1, 0.15) is 5.69 Å². The molecule has 0 bridgehead atoms. The van der Waals surface area contributed by atoms with Crippen LogP contribution in [0.25, 0.3) is 0 Å². The Hall–Kier alpha value is -1.57. The van der Waals surface area contributed by atoms with Gasteiger partial charge in [0.15, 0.2) is 5.69 Å². The number of halogens is 3. The number of aromatic amines is 1. The van der Waals surface area contributed by atoms with Crippen LogP contribution < -0.4 is 0 Å². The Morgan fingerprint density at radius 3 is 2.52 bits per heavy atom. The van der Waals surface area contributed by atoms with Gasteiger partial charge >= 0.3 is 6.18 Å². The first-order valence-corrected chi connectivity index (χ1v) is 6.58. The number of likely N-dealkylation sites (tertiary alicyclic amines) is 1. The maximum Gasteiger partial charge on any atom is 0.432 e. The topological polar surface area (TPSA) is 69.2 Å².